The van der Waals surface area contributed by atoms with Gasteiger partial charge in [0.25, 0.3) is 0 Å². The predicted molar refractivity (Wildman–Crippen MR) is 126 cm³/mol. The fraction of sp³-hybridized carbons (Fsp3) is 0.955. The second kappa shape index (κ2) is 20.7. The summed E-state index contributed by atoms with van der Waals surface area (Å²) in [7, 11) is -3.23. The molecule has 0 aliphatic rings. The normalized spacial score (nSPS) is 14.3. The summed E-state index contributed by atoms with van der Waals surface area (Å²) in [6.45, 7) is 3.91. The number of halogens is 2. The van der Waals surface area contributed by atoms with Gasteiger partial charge in [-0.3, -0.25) is 9.36 Å². The molecule has 0 amide bonds. The van der Waals surface area contributed by atoms with E-state index in [4.69, 9.17) is 11.6 Å². The molecule has 170 valence electrons. The van der Waals surface area contributed by atoms with Gasteiger partial charge < -0.3 is 4.89 Å². The van der Waals surface area contributed by atoms with Crippen LogP contribution in [0.1, 0.15) is 123 Å². The lowest BCUT2D eigenvalue weighted by molar-refractivity contribution is -0.111. The van der Waals surface area contributed by atoms with Crippen LogP contribution in [-0.2, 0) is 9.36 Å². The van der Waals surface area contributed by atoms with E-state index in [1.165, 1.54) is 83.5 Å². The molecule has 2 unspecified atom stereocenters. The van der Waals surface area contributed by atoms with E-state index in [0.717, 1.165) is 19.3 Å². The van der Waals surface area contributed by atoms with E-state index in [0.29, 0.717) is 6.16 Å². The van der Waals surface area contributed by atoms with Crippen LogP contribution in [0.2, 0.25) is 0 Å². The molecule has 0 aromatic rings. The van der Waals surface area contributed by atoms with Crippen LogP contribution in [0.25, 0.3) is 0 Å². The smallest absolute Gasteiger partial charge is 0.222 e. The zero-order chi connectivity index (χ0) is 20.4. The molecule has 0 radical (unpaired) electrons. The molecule has 0 spiro atoms. The van der Waals surface area contributed by atoms with Crippen LogP contribution in [0.5, 0.6) is 0 Å². The Hall–Kier alpha value is 0.440. The van der Waals surface area contributed by atoms with E-state index in [1.54, 1.807) is 6.92 Å². The largest absolute Gasteiger partial charge is 0.344 e. The fourth-order valence-corrected chi connectivity index (χ4v) is 5.39. The van der Waals surface area contributed by atoms with Crippen LogP contribution in [-0.4, -0.2) is 22.0 Å². The number of hydrogen-bond acceptors (Lipinski definition) is 2. The summed E-state index contributed by atoms with van der Waals surface area (Å²) in [5.74, 6) is 0. The van der Waals surface area contributed by atoms with E-state index < -0.39 is 18.3 Å². The van der Waals surface area contributed by atoms with Crippen molar-refractivity contribution in [1.82, 2.24) is 0 Å². The van der Waals surface area contributed by atoms with Crippen molar-refractivity contribution in [1.29, 1.82) is 0 Å². The van der Waals surface area contributed by atoms with E-state index in [2.05, 4.69) is 6.92 Å². The lowest BCUT2D eigenvalue weighted by Gasteiger charge is -2.17. The zero-order valence-corrected chi connectivity index (χ0v) is 20.8. The third kappa shape index (κ3) is 19.7. The van der Waals surface area contributed by atoms with Gasteiger partial charge in [0.05, 0.1) is 0 Å². The predicted octanol–water partition coefficient (Wildman–Crippen LogP) is 8.48. The minimum Gasteiger partial charge on any atom is -0.344 e. The van der Waals surface area contributed by atoms with Crippen molar-refractivity contribution >= 4 is 36.6 Å². The monoisotopic (exact) mass is 458 g/mol. The van der Waals surface area contributed by atoms with Gasteiger partial charge in [-0.05, 0) is 18.0 Å². The van der Waals surface area contributed by atoms with E-state index in [9.17, 15) is 14.3 Å². The second-order valence-electron chi connectivity index (χ2n) is 8.19. The van der Waals surface area contributed by atoms with E-state index in [-0.39, 0.29) is 18.8 Å². The maximum atomic E-state index is 12.1. The standard InChI is InChI=1S/C22H44ClO3P.ClH/c1-3-4-5-6-7-8-9-10-11-12-13-14-15-16-17-18-19-27(25,26)21(2)20-22(23)24;/h21H,3-20H2,1-2H3,(H,25,26);1H. The van der Waals surface area contributed by atoms with Crippen molar-refractivity contribution in [3.8, 4) is 0 Å². The molecule has 28 heavy (non-hydrogen) atoms. The molecule has 0 aliphatic heterocycles. The number of rotatable bonds is 20. The Morgan fingerprint density at radius 3 is 1.43 bits per heavy atom. The first kappa shape index (κ1) is 30.6. The van der Waals surface area contributed by atoms with Gasteiger partial charge in [0, 0.05) is 18.2 Å². The van der Waals surface area contributed by atoms with E-state index >= 15 is 0 Å². The summed E-state index contributed by atoms with van der Waals surface area (Å²) in [4.78, 5) is 20.8. The van der Waals surface area contributed by atoms with Crippen molar-refractivity contribution in [2.45, 2.75) is 129 Å². The summed E-state index contributed by atoms with van der Waals surface area (Å²) in [5, 5.41) is -0.524. The summed E-state index contributed by atoms with van der Waals surface area (Å²) >= 11 is 5.31. The summed E-state index contributed by atoms with van der Waals surface area (Å²) in [6, 6.07) is 0. The number of hydrogen-bond donors (Lipinski definition) is 1. The first-order valence-corrected chi connectivity index (χ1v) is 13.7. The molecule has 3 nitrogen and oxygen atoms in total. The highest BCUT2D eigenvalue weighted by molar-refractivity contribution is 7.58. The van der Waals surface area contributed by atoms with Gasteiger partial charge in [-0.25, -0.2) is 0 Å². The maximum absolute atomic E-state index is 12.1. The quantitative estimate of drug-likeness (QED) is 0.113. The Morgan fingerprint density at radius 1 is 0.786 bits per heavy atom. The molecule has 0 bridgehead atoms. The highest BCUT2D eigenvalue weighted by Crippen LogP contribution is 2.48. The Labute approximate surface area is 185 Å². The molecule has 0 aromatic heterocycles. The minimum absolute atomic E-state index is 0. The molecule has 0 aliphatic carbocycles. The first-order valence-electron chi connectivity index (χ1n) is 11.4. The number of carbonyl (C=O) groups excluding carboxylic acids is 1. The Kier molecular flexibility index (Phi) is 22.6. The van der Waals surface area contributed by atoms with E-state index in [1.807, 2.05) is 0 Å². The molecule has 0 aromatic carbocycles. The van der Waals surface area contributed by atoms with Crippen LogP contribution in [0.15, 0.2) is 0 Å². The van der Waals surface area contributed by atoms with Gasteiger partial charge >= 0.3 is 0 Å². The van der Waals surface area contributed by atoms with Crippen LogP contribution < -0.4 is 0 Å². The van der Waals surface area contributed by atoms with Gasteiger partial charge in [-0.15, -0.1) is 12.4 Å². The summed E-state index contributed by atoms with van der Waals surface area (Å²) in [6.07, 6.45) is 21.0. The molecule has 6 heteroatoms. The summed E-state index contributed by atoms with van der Waals surface area (Å²) in [5.41, 5.74) is -0.515. The maximum Gasteiger partial charge on any atom is 0.222 e. The molecule has 0 heterocycles. The topological polar surface area (TPSA) is 54.4 Å². The molecule has 1 N–H and O–H groups in total. The SMILES string of the molecule is CCCCCCCCCCCCCCCCCCP(=O)(O)C(C)CC(=O)Cl.Cl. The van der Waals surface area contributed by atoms with Gasteiger partial charge in [0.15, 0.2) is 0 Å². The lowest BCUT2D eigenvalue weighted by atomic mass is 10.0. The van der Waals surface area contributed by atoms with Crippen molar-refractivity contribution < 1.29 is 14.3 Å². The summed E-state index contributed by atoms with van der Waals surface area (Å²) < 4.78 is 12.1. The van der Waals surface area contributed by atoms with Crippen molar-refractivity contribution in [2.24, 2.45) is 0 Å². The lowest BCUT2D eigenvalue weighted by Crippen LogP contribution is -2.09. The first-order chi connectivity index (χ1) is 12.9. The highest BCUT2D eigenvalue weighted by atomic mass is 35.5. The average Bonchev–Trinajstić information content (AvgIpc) is 2.60. The van der Waals surface area contributed by atoms with Crippen LogP contribution in [0.3, 0.4) is 0 Å². The number of unbranched alkanes of at least 4 members (excludes halogenated alkanes) is 15. The minimum atomic E-state index is -3.23. The van der Waals surface area contributed by atoms with Gasteiger partial charge in [-0.1, -0.05) is 110 Å². The molecule has 0 rings (SSSR count). The Bertz CT molecular complexity index is 405. The molecule has 2 atom stereocenters. The highest BCUT2D eigenvalue weighted by Gasteiger charge is 2.27. The molecule has 0 saturated carbocycles. The fourth-order valence-electron chi connectivity index (χ4n) is 3.48. The van der Waals surface area contributed by atoms with Crippen LogP contribution in [0.4, 0.5) is 0 Å². The van der Waals surface area contributed by atoms with Gasteiger partial charge in [0.1, 0.15) is 0 Å². The molecular weight excluding hydrogens is 414 g/mol. The van der Waals surface area contributed by atoms with Gasteiger partial charge in [0.2, 0.25) is 12.6 Å². The second-order valence-corrected chi connectivity index (χ2v) is 11.5. The average molecular weight is 459 g/mol. The van der Waals surface area contributed by atoms with Crippen LogP contribution in [0, 0.1) is 0 Å². The van der Waals surface area contributed by atoms with Crippen molar-refractivity contribution in [3.63, 3.8) is 0 Å². The third-order valence-corrected chi connectivity index (χ3v) is 8.15. The molecule has 0 saturated heterocycles. The molecule has 0 fully saturated rings. The molecular formula is C22H45Cl2O3P. The van der Waals surface area contributed by atoms with Crippen LogP contribution >= 0.6 is 31.4 Å². The number of carbonyl (C=O) groups is 1. The van der Waals surface area contributed by atoms with Crippen molar-refractivity contribution in [3.05, 3.63) is 0 Å². The Balaban J connectivity index is 0. The third-order valence-electron chi connectivity index (χ3n) is 5.48. The Morgan fingerprint density at radius 2 is 1.11 bits per heavy atom. The van der Waals surface area contributed by atoms with Gasteiger partial charge in [-0.2, -0.15) is 0 Å². The zero-order valence-electron chi connectivity index (χ0n) is 18.3. The van der Waals surface area contributed by atoms with Crippen molar-refractivity contribution in [2.75, 3.05) is 6.16 Å².